The van der Waals surface area contributed by atoms with Gasteiger partial charge in [-0.3, -0.25) is 9.59 Å². The first-order valence-corrected chi connectivity index (χ1v) is 10.8. The molecule has 0 aliphatic heterocycles. The van der Waals surface area contributed by atoms with Crippen LogP contribution in [0.5, 0.6) is 0 Å². The number of hydrogen-bond donors (Lipinski definition) is 1. The Morgan fingerprint density at radius 2 is 1.71 bits per heavy atom. The van der Waals surface area contributed by atoms with E-state index in [2.05, 4.69) is 5.32 Å². The van der Waals surface area contributed by atoms with Gasteiger partial charge in [0.25, 0.3) is 0 Å². The molecule has 0 saturated heterocycles. The van der Waals surface area contributed by atoms with E-state index in [0.29, 0.717) is 24.5 Å². The molecule has 1 N–H and O–H groups in total. The molecule has 1 atom stereocenters. The number of hydrogen-bond acceptors (Lipinski definition) is 3. The van der Waals surface area contributed by atoms with Gasteiger partial charge in [-0.1, -0.05) is 48.4 Å². The van der Waals surface area contributed by atoms with Gasteiger partial charge in [0.2, 0.25) is 11.8 Å². The Bertz CT molecular complexity index is 778. The molecule has 0 radical (unpaired) electrons. The zero-order chi connectivity index (χ0) is 20.5. The molecule has 2 aromatic carbocycles. The second-order valence-electron chi connectivity index (χ2n) is 6.57. The number of nitrogens with one attached hydrogen (secondary N) is 1. The van der Waals surface area contributed by atoms with E-state index in [-0.39, 0.29) is 17.6 Å². The molecule has 0 aliphatic rings. The van der Waals surface area contributed by atoms with Gasteiger partial charge >= 0.3 is 0 Å². The fraction of sp³-hybridized carbons (Fsp3) is 0.364. The number of carbonyl (C=O) groups excluding carboxylic acids is 2. The molecule has 0 fully saturated rings. The number of nitrogens with zero attached hydrogens (tertiary/aromatic N) is 1. The van der Waals surface area contributed by atoms with Crippen molar-refractivity contribution in [2.24, 2.45) is 0 Å². The second kappa shape index (κ2) is 11.1. The summed E-state index contributed by atoms with van der Waals surface area (Å²) in [5, 5.41) is 3.49. The number of likely N-dealkylation sites (N-methyl/N-ethyl adjacent to an activating group) is 1. The number of aryl methyl sites for hydroxylation is 1. The van der Waals surface area contributed by atoms with Crippen molar-refractivity contribution >= 4 is 35.2 Å². The van der Waals surface area contributed by atoms with Gasteiger partial charge in [-0.2, -0.15) is 0 Å². The lowest BCUT2D eigenvalue weighted by Gasteiger charge is -2.30. The molecule has 0 aromatic heterocycles. The van der Waals surface area contributed by atoms with Crippen molar-refractivity contribution in [2.75, 3.05) is 12.3 Å². The summed E-state index contributed by atoms with van der Waals surface area (Å²) < 4.78 is 0. The molecule has 0 spiro atoms. The molecule has 150 valence electrons. The minimum absolute atomic E-state index is 0.0568. The van der Waals surface area contributed by atoms with E-state index in [1.165, 1.54) is 17.3 Å². The van der Waals surface area contributed by atoms with Crippen LogP contribution in [0.2, 0.25) is 5.02 Å². The van der Waals surface area contributed by atoms with Gasteiger partial charge in [-0.15, -0.1) is 11.8 Å². The topological polar surface area (TPSA) is 49.4 Å². The van der Waals surface area contributed by atoms with Crippen LogP contribution in [-0.2, 0) is 16.1 Å². The summed E-state index contributed by atoms with van der Waals surface area (Å²) in [5.74, 6) is 0.110. The maximum absolute atomic E-state index is 13.1. The second-order valence-corrected chi connectivity index (χ2v) is 8.05. The lowest BCUT2D eigenvalue weighted by Crippen LogP contribution is -2.49. The molecule has 4 nitrogen and oxygen atoms in total. The van der Waals surface area contributed by atoms with Crippen LogP contribution in [-0.4, -0.2) is 35.1 Å². The number of halogens is 1. The molecule has 2 rings (SSSR count). The van der Waals surface area contributed by atoms with E-state index in [1.807, 2.05) is 57.2 Å². The van der Waals surface area contributed by atoms with E-state index in [0.717, 1.165) is 10.5 Å². The van der Waals surface area contributed by atoms with Crippen molar-refractivity contribution in [3.05, 3.63) is 64.7 Å². The van der Waals surface area contributed by atoms with Crippen molar-refractivity contribution in [1.29, 1.82) is 0 Å². The summed E-state index contributed by atoms with van der Waals surface area (Å²) in [5.41, 5.74) is 2.13. The summed E-state index contributed by atoms with van der Waals surface area (Å²) in [4.78, 5) is 28.3. The van der Waals surface area contributed by atoms with Crippen LogP contribution in [0, 0.1) is 6.92 Å². The van der Waals surface area contributed by atoms with Gasteiger partial charge < -0.3 is 10.2 Å². The van der Waals surface area contributed by atoms with Crippen LogP contribution >= 0.6 is 23.4 Å². The standard InChI is InChI=1S/C22H27ClN2O2S/c1-4-20(22(27)24-5-2)25(14-17-8-10-18(23)11-9-17)21(26)15-28-19-12-6-16(3)7-13-19/h6-13,20H,4-5,14-15H2,1-3H3,(H,24,27). The first-order chi connectivity index (χ1) is 13.4. The van der Waals surface area contributed by atoms with Crippen molar-refractivity contribution in [1.82, 2.24) is 10.2 Å². The summed E-state index contributed by atoms with van der Waals surface area (Å²) in [6, 6.07) is 15.0. The van der Waals surface area contributed by atoms with Crippen molar-refractivity contribution in [3.63, 3.8) is 0 Å². The van der Waals surface area contributed by atoms with Gasteiger partial charge in [-0.05, 0) is 50.1 Å². The normalized spacial score (nSPS) is 11.7. The largest absolute Gasteiger partial charge is 0.355 e. The van der Waals surface area contributed by atoms with E-state index in [4.69, 9.17) is 11.6 Å². The summed E-state index contributed by atoms with van der Waals surface area (Å²) >= 11 is 7.46. The zero-order valence-corrected chi connectivity index (χ0v) is 18.1. The van der Waals surface area contributed by atoms with Gasteiger partial charge in [0.1, 0.15) is 6.04 Å². The number of benzene rings is 2. The minimum Gasteiger partial charge on any atom is -0.355 e. The average Bonchev–Trinajstić information content (AvgIpc) is 2.69. The molecule has 6 heteroatoms. The van der Waals surface area contributed by atoms with Gasteiger partial charge in [0.05, 0.1) is 5.75 Å². The molecular weight excluding hydrogens is 392 g/mol. The monoisotopic (exact) mass is 418 g/mol. The smallest absolute Gasteiger partial charge is 0.242 e. The Morgan fingerprint density at radius 3 is 2.29 bits per heavy atom. The van der Waals surface area contributed by atoms with E-state index in [9.17, 15) is 9.59 Å². The third-order valence-corrected chi connectivity index (χ3v) is 5.64. The molecule has 2 aromatic rings. The number of thioether (sulfide) groups is 1. The van der Waals surface area contributed by atoms with Crippen LogP contribution in [0.15, 0.2) is 53.4 Å². The van der Waals surface area contributed by atoms with E-state index >= 15 is 0 Å². The summed E-state index contributed by atoms with van der Waals surface area (Å²) in [6.07, 6.45) is 0.556. The molecule has 0 aliphatic carbocycles. The van der Waals surface area contributed by atoms with Crippen LogP contribution in [0.1, 0.15) is 31.4 Å². The highest BCUT2D eigenvalue weighted by atomic mass is 35.5. The lowest BCUT2D eigenvalue weighted by atomic mass is 10.1. The van der Waals surface area contributed by atoms with Crippen LogP contribution in [0.4, 0.5) is 0 Å². The Morgan fingerprint density at radius 1 is 1.07 bits per heavy atom. The zero-order valence-electron chi connectivity index (χ0n) is 16.6. The molecule has 0 saturated carbocycles. The average molecular weight is 419 g/mol. The fourth-order valence-corrected chi connectivity index (χ4v) is 3.77. The van der Waals surface area contributed by atoms with E-state index in [1.54, 1.807) is 17.0 Å². The molecule has 0 bridgehead atoms. The summed E-state index contributed by atoms with van der Waals surface area (Å²) in [7, 11) is 0. The molecule has 28 heavy (non-hydrogen) atoms. The Labute approximate surface area is 176 Å². The number of rotatable bonds is 9. The SMILES string of the molecule is CCNC(=O)C(CC)N(Cc1ccc(Cl)cc1)C(=O)CSc1ccc(C)cc1. The number of amides is 2. The molecule has 1 unspecified atom stereocenters. The highest BCUT2D eigenvalue weighted by Crippen LogP contribution is 2.21. The minimum atomic E-state index is -0.498. The third kappa shape index (κ3) is 6.57. The van der Waals surface area contributed by atoms with Crippen LogP contribution < -0.4 is 5.32 Å². The quantitative estimate of drug-likeness (QED) is 0.601. The maximum Gasteiger partial charge on any atom is 0.242 e. The van der Waals surface area contributed by atoms with Gasteiger partial charge in [0, 0.05) is 23.0 Å². The van der Waals surface area contributed by atoms with E-state index < -0.39 is 6.04 Å². The first-order valence-electron chi connectivity index (χ1n) is 9.45. The molecule has 0 heterocycles. The van der Waals surface area contributed by atoms with Gasteiger partial charge in [0.15, 0.2) is 0 Å². The predicted octanol–water partition coefficient (Wildman–Crippen LogP) is 4.68. The first kappa shape index (κ1) is 22.3. The van der Waals surface area contributed by atoms with Crippen LogP contribution in [0.3, 0.4) is 0 Å². The van der Waals surface area contributed by atoms with Crippen molar-refractivity contribution in [2.45, 2.75) is 44.7 Å². The lowest BCUT2D eigenvalue weighted by molar-refractivity contribution is -0.139. The van der Waals surface area contributed by atoms with Crippen LogP contribution in [0.25, 0.3) is 0 Å². The highest BCUT2D eigenvalue weighted by molar-refractivity contribution is 8.00. The third-order valence-electron chi connectivity index (χ3n) is 4.39. The van der Waals surface area contributed by atoms with Crippen molar-refractivity contribution < 1.29 is 9.59 Å². The molecular formula is C22H27ClN2O2S. The Hall–Kier alpha value is -1.98. The Kier molecular flexibility index (Phi) is 8.87. The molecule has 2 amide bonds. The number of carbonyl (C=O) groups is 2. The predicted molar refractivity (Wildman–Crippen MR) is 117 cm³/mol. The Balaban J connectivity index is 2.16. The fourth-order valence-electron chi connectivity index (χ4n) is 2.86. The summed E-state index contributed by atoms with van der Waals surface area (Å²) in [6.45, 7) is 6.75. The van der Waals surface area contributed by atoms with Crippen molar-refractivity contribution in [3.8, 4) is 0 Å². The maximum atomic E-state index is 13.1. The highest BCUT2D eigenvalue weighted by Gasteiger charge is 2.28. The van der Waals surface area contributed by atoms with Gasteiger partial charge in [-0.25, -0.2) is 0 Å².